The molecule has 0 bridgehead atoms. The average Bonchev–Trinajstić information content (AvgIpc) is 2.65. The highest BCUT2D eigenvalue weighted by molar-refractivity contribution is 6.05. The van der Waals surface area contributed by atoms with Crippen LogP contribution in [0, 0.1) is 5.41 Å². The fraction of sp³-hybridized carbons (Fsp3) is 0.562. The van der Waals surface area contributed by atoms with Crippen molar-refractivity contribution in [3.8, 4) is 0 Å². The van der Waals surface area contributed by atoms with Crippen LogP contribution in [-0.4, -0.2) is 12.3 Å². The quantitative estimate of drug-likeness (QED) is 0.712. The van der Waals surface area contributed by atoms with E-state index in [9.17, 15) is 0 Å². The molecule has 0 radical (unpaired) electrons. The van der Waals surface area contributed by atoms with E-state index in [1.807, 2.05) is 0 Å². The molecule has 0 saturated heterocycles. The van der Waals surface area contributed by atoms with Crippen LogP contribution in [0.4, 0.5) is 0 Å². The van der Waals surface area contributed by atoms with E-state index in [0.29, 0.717) is 11.3 Å². The summed E-state index contributed by atoms with van der Waals surface area (Å²) in [6.45, 7) is 10.1. The topological polar surface area (TPSA) is 12.4 Å². The SMILES string of the molecule is CCCN=C1CC(C(C)(C)C)c2ccccc21. The van der Waals surface area contributed by atoms with Crippen molar-refractivity contribution in [2.24, 2.45) is 10.4 Å². The number of fused-ring (bicyclic) bond motifs is 1. The van der Waals surface area contributed by atoms with Gasteiger partial charge in [0.2, 0.25) is 0 Å². The number of nitrogens with zero attached hydrogens (tertiary/aromatic N) is 1. The van der Waals surface area contributed by atoms with Gasteiger partial charge in [0.1, 0.15) is 0 Å². The first-order valence-electron chi connectivity index (χ1n) is 6.66. The van der Waals surface area contributed by atoms with Gasteiger partial charge in [-0.3, -0.25) is 4.99 Å². The van der Waals surface area contributed by atoms with Gasteiger partial charge >= 0.3 is 0 Å². The zero-order valence-corrected chi connectivity index (χ0v) is 11.5. The lowest BCUT2D eigenvalue weighted by Gasteiger charge is -2.27. The fourth-order valence-electron chi connectivity index (χ4n) is 2.65. The van der Waals surface area contributed by atoms with Gasteiger partial charge in [0.15, 0.2) is 0 Å². The number of hydrogen-bond donors (Lipinski definition) is 0. The molecule has 1 aliphatic carbocycles. The monoisotopic (exact) mass is 229 g/mol. The first-order chi connectivity index (χ1) is 8.04. The van der Waals surface area contributed by atoms with Crippen molar-refractivity contribution < 1.29 is 0 Å². The average molecular weight is 229 g/mol. The second-order valence-corrected chi connectivity index (χ2v) is 6.04. The molecule has 0 spiro atoms. The van der Waals surface area contributed by atoms with Gasteiger partial charge in [-0.05, 0) is 35.3 Å². The Kier molecular flexibility index (Phi) is 3.37. The second kappa shape index (κ2) is 4.64. The molecule has 1 heteroatoms. The number of hydrogen-bond acceptors (Lipinski definition) is 1. The minimum atomic E-state index is 0.319. The van der Waals surface area contributed by atoms with E-state index in [1.165, 1.54) is 16.8 Å². The molecule has 0 aromatic heterocycles. The van der Waals surface area contributed by atoms with Crippen molar-refractivity contribution in [3.63, 3.8) is 0 Å². The van der Waals surface area contributed by atoms with Crippen LogP contribution in [0.25, 0.3) is 0 Å². The minimum Gasteiger partial charge on any atom is -0.289 e. The Morgan fingerprint density at radius 2 is 1.94 bits per heavy atom. The van der Waals surface area contributed by atoms with E-state index in [1.54, 1.807) is 0 Å². The summed E-state index contributed by atoms with van der Waals surface area (Å²) in [5, 5.41) is 0. The third-order valence-corrected chi connectivity index (χ3v) is 3.62. The van der Waals surface area contributed by atoms with Gasteiger partial charge < -0.3 is 0 Å². The third-order valence-electron chi connectivity index (χ3n) is 3.62. The van der Waals surface area contributed by atoms with Crippen molar-refractivity contribution in [2.75, 3.05) is 6.54 Å². The van der Waals surface area contributed by atoms with Gasteiger partial charge in [0.25, 0.3) is 0 Å². The number of rotatable bonds is 2. The van der Waals surface area contributed by atoms with Crippen LogP contribution >= 0.6 is 0 Å². The molecule has 92 valence electrons. The summed E-state index contributed by atoms with van der Waals surface area (Å²) >= 11 is 0. The van der Waals surface area contributed by atoms with Gasteiger partial charge in [-0.2, -0.15) is 0 Å². The van der Waals surface area contributed by atoms with Crippen LogP contribution in [0.5, 0.6) is 0 Å². The molecule has 1 aromatic carbocycles. The molecule has 17 heavy (non-hydrogen) atoms. The molecular weight excluding hydrogens is 206 g/mol. The van der Waals surface area contributed by atoms with E-state index in [4.69, 9.17) is 4.99 Å². The summed E-state index contributed by atoms with van der Waals surface area (Å²) in [4.78, 5) is 4.76. The fourth-order valence-corrected chi connectivity index (χ4v) is 2.65. The van der Waals surface area contributed by atoms with Gasteiger partial charge in [-0.15, -0.1) is 0 Å². The van der Waals surface area contributed by atoms with Crippen LogP contribution in [0.3, 0.4) is 0 Å². The molecule has 0 saturated carbocycles. The Bertz CT molecular complexity index is 423. The maximum atomic E-state index is 4.76. The minimum absolute atomic E-state index is 0.319. The highest BCUT2D eigenvalue weighted by Crippen LogP contribution is 2.44. The Morgan fingerprint density at radius 1 is 1.24 bits per heavy atom. The van der Waals surface area contributed by atoms with E-state index in [-0.39, 0.29) is 0 Å². The van der Waals surface area contributed by atoms with Gasteiger partial charge in [-0.1, -0.05) is 52.0 Å². The maximum Gasteiger partial charge on any atom is 0.0429 e. The highest BCUT2D eigenvalue weighted by Gasteiger charge is 2.35. The predicted molar refractivity (Wildman–Crippen MR) is 75.0 cm³/mol. The molecule has 0 amide bonds. The van der Waals surface area contributed by atoms with Crippen molar-refractivity contribution in [3.05, 3.63) is 35.4 Å². The van der Waals surface area contributed by atoms with Crippen molar-refractivity contribution in [1.29, 1.82) is 0 Å². The Balaban J connectivity index is 2.40. The van der Waals surface area contributed by atoms with Crippen molar-refractivity contribution in [1.82, 2.24) is 0 Å². The molecule has 0 aliphatic heterocycles. The van der Waals surface area contributed by atoms with Crippen LogP contribution in [0.1, 0.15) is 57.6 Å². The summed E-state index contributed by atoms with van der Waals surface area (Å²) in [5.41, 5.74) is 4.53. The van der Waals surface area contributed by atoms with Crippen LogP contribution in [0.2, 0.25) is 0 Å². The largest absolute Gasteiger partial charge is 0.289 e. The smallest absolute Gasteiger partial charge is 0.0429 e. The third kappa shape index (κ3) is 2.43. The van der Waals surface area contributed by atoms with E-state index in [0.717, 1.165) is 19.4 Å². The lowest BCUT2D eigenvalue weighted by atomic mass is 9.77. The second-order valence-electron chi connectivity index (χ2n) is 6.04. The number of aliphatic imine (C=N–C) groups is 1. The van der Waals surface area contributed by atoms with Crippen LogP contribution in [-0.2, 0) is 0 Å². The Hall–Kier alpha value is -1.11. The van der Waals surface area contributed by atoms with Crippen molar-refractivity contribution in [2.45, 2.75) is 46.5 Å². The number of benzene rings is 1. The van der Waals surface area contributed by atoms with E-state index in [2.05, 4.69) is 52.0 Å². The van der Waals surface area contributed by atoms with E-state index >= 15 is 0 Å². The normalized spacial score (nSPS) is 21.9. The maximum absolute atomic E-state index is 4.76. The molecule has 0 N–H and O–H groups in total. The summed E-state index contributed by atoms with van der Waals surface area (Å²) in [6, 6.07) is 8.79. The molecule has 1 unspecified atom stereocenters. The Morgan fingerprint density at radius 3 is 2.59 bits per heavy atom. The standard InChI is InChI=1S/C16H23N/c1-5-10-17-15-11-14(16(2,3)4)12-8-6-7-9-13(12)15/h6-9,14H,5,10-11H2,1-4H3. The lowest BCUT2D eigenvalue weighted by Crippen LogP contribution is -2.16. The highest BCUT2D eigenvalue weighted by atomic mass is 14.7. The molecule has 1 aliphatic rings. The summed E-state index contributed by atoms with van der Waals surface area (Å²) < 4.78 is 0. The molecular formula is C16H23N. The van der Waals surface area contributed by atoms with Crippen molar-refractivity contribution >= 4 is 5.71 Å². The first-order valence-corrected chi connectivity index (χ1v) is 6.66. The summed E-state index contributed by atoms with van der Waals surface area (Å²) in [5.74, 6) is 0.620. The lowest BCUT2D eigenvalue weighted by molar-refractivity contribution is 0.332. The van der Waals surface area contributed by atoms with Gasteiger partial charge in [0.05, 0.1) is 0 Å². The Labute approximate surface area is 105 Å². The van der Waals surface area contributed by atoms with E-state index < -0.39 is 0 Å². The predicted octanol–water partition coefficient (Wildman–Crippen LogP) is 4.42. The molecule has 1 nitrogen and oxygen atoms in total. The first kappa shape index (κ1) is 12.3. The summed E-state index contributed by atoms with van der Waals surface area (Å²) in [6.07, 6.45) is 2.24. The molecule has 2 rings (SSSR count). The molecule has 1 atom stereocenters. The van der Waals surface area contributed by atoms with Crippen LogP contribution < -0.4 is 0 Å². The zero-order valence-electron chi connectivity index (χ0n) is 11.5. The molecule has 1 aromatic rings. The summed E-state index contributed by atoms with van der Waals surface area (Å²) in [7, 11) is 0. The van der Waals surface area contributed by atoms with Crippen LogP contribution in [0.15, 0.2) is 29.3 Å². The van der Waals surface area contributed by atoms with Gasteiger partial charge in [-0.25, -0.2) is 0 Å². The zero-order chi connectivity index (χ0) is 12.5. The molecule has 0 heterocycles. The molecule has 0 fully saturated rings. The van der Waals surface area contributed by atoms with Gasteiger partial charge in [0, 0.05) is 12.3 Å².